The van der Waals surface area contributed by atoms with Gasteiger partial charge in [-0.3, -0.25) is 24.0 Å². The van der Waals surface area contributed by atoms with Gasteiger partial charge >= 0.3 is 5.69 Å². The molecule has 1 amide bonds. The van der Waals surface area contributed by atoms with Gasteiger partial charge in [0.15, 0.2) is 5.69 Å². The lowest BCUT2D eigenvalue weighted by Gasteiger charge is -2.28. The lowest BCUT2D eigenvalue weighted by Crippen LogP contribution is -2.46. The number of nitrogen functional groups attached to an aromatic ring is 1. The molecule has 0 unspecified atom stereocenters. The van der Waals surface area contributed by atoms with Crippen LogP contribution >= 0.6 is 0 Å². The number of nitrogens with one attached hydrogen (secondary N) is 1. The van der Waals surface area contributed by atoms with Gasteiger partial charge in [0.05, 0.1) is 19.4 Å². The van der Waals surface area contributed by atoms with Crippen LogP contribution in [-0.4, -0.2) is 40.5 Å². The van der Waals surface area contributed by atoms with Crippen LogP contribution in [0.2, 0.25) is 0 Å². The van der Waals surface area contributed by atoms with Gasteiger partial charge in [0.25, 0.3) is 5.56 Å². The molecule has 0 atom stereocenters. The molecule has 0 aliphatic heterocycles. The maximum absolute atomic E-state index is 13.1. The fourth-order valence-electron chi connectivity index (χ4n) is 3.11. The number of amides is 1. The summed E-state index contributed by atoms with van der Waals surface area (Å²) in [7, 11) is 1.79. The Morgan fingerprint density at radius 2 is 1.93 bits per heavy atom. The molecule has 0 radical (unpaired) electrons. The largest absolute Gasteiger partial charge is 0.468 e. The lowest BCUT2D eigenvalue weighted by molar-refractivity contribution is -0.119. The number of carbonyl (C=O) groups is 1. The van der Waals surface area contributed by atoms with E-state index in [4.69, 9.17) is 10.2 Å². The number of rotatable bonds is 9. The van der Waals surface area contributed by atoms with Crippen LogP contribution in [0, 0.1) is 11.8 Å². The molecule has 9 heteroatoms. The molecule has 3 N–H and O–H groups in total. The molecule has 0 saturated heterocycles. The average molecular weight is 405 g/mol. The molecule has 0 bridgehead atoms. The molecule has 9 nitrogen and oxygen atoms in total. The maximum Gasteiger partial charge on any atom is 0.330 e. The Morgan fingerprint density at radius 1 is 1.24 bits per heavy atom. The molecule has 0 fully saturated rings. The predicted octanol–water partition coefficient (Wildman–Crippen LogP) is 1.49. The van der Waals surface area contributed by atoms with E-state index in [1.54, 1.807) is 24.3 Å². The summed E-state index contributed by atoms with van der Waals surface area (Å²) < 4.78 is 6.63. The van der Waals surface area contributed by atoms with Gasteiger partial charge in [-0.05, 0) is 31.0 Å². The molecule has 0 aromatic carbocycles. The fraction of sp³-hybridized carbons (Fsp3) is 0.550. The smallest absolute Gasteiger partial charge is 0.330 e. The Bertz CT molecular complexity index is 927. The third-order valence-electron chi connectivity index (χ3n) is 4.29. The van der Waals surface area contributed by atoms with E-state index in [1.807, 2.05) is 33.8 Å². The monoisotopic (exact) mass is 405 g/mol. The summed E-state index contributed by atoms with van der Waals surface area (Å²) in [6.07, 6.45) is 1.58. The van der Waals surface area contributed by atoms with Crippen molar-refractivity contribution in [3.63, 3.8) is 0 Å². The van der Waals surface area contributed by atoms with Gasteiger partial charge in [0, 0.05) is 13.1 Å². The first-order valence-electron chi connectivity index (χ1n) is 9.74. The minimum atomic E-state index is -0.657. The van der Waals surface area contributed by atoms with Crippen molar-refractivity contribution in [2.24, 2.45) is 11.8 Å². The van der Waals surface area contributed by atoms with Crippen molar-refractivity contribution in [1.82, 2.24) is 14.5 Å². The molecule has 2 rings (SSSR count). The Hall–Kier alpha value is -2.81. The minimum absolute atomic E-state index is 0.00939. The second-order valence-electron chi connectivity index (χ2n) is 8.15. The van der Waals surface area contributed by atoms with Crippen molar-refractivity contribution in [3.8, 4) is 0 Å². The number of H-pyrrole nitrogens is 1. The summed E-state index contributed by atoms with van der Waals surface area (Å²) in [4.78, 5) is 43.4. The van der Waals surface area contributed by atoms with Crippen molar-refractivity contribution in [3.05, 3.63) is 45.0 Å². The van der Waals surface area contributed by atoms with Crippen molar-refractivity contribution in [1.29, 1.82) is 0 Å². The summed E-state index contributed by atoms with van der Waals surface area (Å²) >= 11 is 0. The van der Waals surface area contributed by atoms with Crippen molar-refractivity contribution in [2.45, 2.75) is 40.8 Å². The number of carbonyl (C=O) groups excluding carboxylic acids is 1. The van der Waals surface area contributed by atoms with Crippen molar-refractivity contribution >= 4 is 17.4 Å². The second-order valence-corrected chi connectivity index (χ2v) is 8.15. The zero-order valence-electron chi connectivity index (χ0n) is 17.8. The highest BCUT2D eigenvalue weighted by atomic mass is 16.3. The van der Waals surface area contributed by atoms with Gasteiger partial charge in [0.1, 0.15) is 11.6 Å². The molecule has 2 heterocycles. The average Bonchev–Trinajstić information content (AvgIpc) is 3.09. The summed E-state index contributed by atoms with van der Waals surface area (Å²) in [5.41, 5.74) is 5.00. The Balaban J connectivity index is 2.37. The number of nitrogens with zero attached hydrogens (tertiary/aromatic N) is 3. The van der Waals surface area contributed by atoms with E-state index in [0.717, 1.165) is 5.76 Å². The van der Waals surface area contributed by atoms with Crippen LogP contribution in [0.3, 0.4) is 0 Å². The Morgan fingerprint density at radius 3 is 2.48 bits per heavy atom. The van der Waals surface area contributed by atoms with E-state index in [-0.39, 0.29) is 35.8 Å². The van der Waals surface area contributed by atoms with Crippen LogP contribution in [0.5, 0.6) is 0 Å². The summed E-state index contributed by atoms with van der Waals surface area (Å²) in [6, 6.07) is 3.62. The first-order chi connectivity index (χ1) is 13.6. The molecule has 0 aliphatic carbocycles. The van der Waals surface area contributed by atoms with Crippen LogP contribution in [0.15, 0.2) is 32.4 Å². The number of aromatic nitrogens is 2. The highest BCUT2D eigenvalue weighted by Gasteiger charge is 2.26. The zero-order chi connectivity index (χ0) is 21.7. The molecule has 0 aliphatic rings. The molecule has 0 spiro atoms. The van der Waals surface area contributed by atoms with Gasteiger partial charge in [0.2, 0.25) is 5.91 Å². The van der Waals surface area contributed by atoms with E-state index in [2.05, 4.69) is 4.98 Å². The van der Waals surface area contributed by atoms with Gasteiger partial charge in [-0.2, -0.15) is 0 Å². The number of hydrogen-bond acceptors (Lipinski definition) is 6. The SMILES string of the molecule is CC(C)CN(C(=O)CN(C)Cc1ccco1)c1c(N)n(CC(C)C)c(=O)[nH]c1=O. The summed E-state index contributed by atoms with van der Waals surface area (Å²) in [6.45, 7) is 8.94. The minimum Gasteiger partial charge on any atom is -0.468 e. The standard InChI is InChI=1S/C20H31N5O4/c1-13(2)9-24(16(26)12-23(5)11-15-7-6-8-29-15)17-18(21)25(10-14(3)4)20(28)22-19(17)27/h6-8,13-14H,9-12,21H2,1-5H3,(H,22,27,28). The van der Waals surface area contributed by atoms with Gasteiger partial charge in [-0.25, -0.2) is 4.79 Å². The highest BCUT2D eigenvalue weighted by Crippen LogP contribution is 2.19. The third-order valence-corrected chi connectivity index (χ3v) is 4.29. The quantitative estimate of drug-likeness (QED) is 0.653. The van der Waals surface area contributed by atoms with Crippen LogP contribution in [-0.2, 0) is 17.9 Å². The molecule has 29 heavy (non-hydrogen) atoms. The Kier molecular flexibility index (Phi) is 7.44. The lowest BCUT2D eigenvalue weighted by atomic mass is 10.2. The normalized spacial score (nSPS) is 11.6. The fourth-order valence-corrected chi connectivity index (χ4v) is 3.11. The van der Waals surface area contributed by atoms with E-state index in [9.17, 15) is 14.4 Å². The third kappa shape index (κ3) is 5.83. The number of furan rings is 1. The van der Waals surface area contributed by atoms with Crippen LogP contribution < -0.4 is 21.9 Å². The van der Waals surface area contributed by atoms with E-state index < -0.39 is 11.2 Å². The van der Waals surface area contributed by atoms with E-state index >= 15 is 0 Å². The van der Waals surface area contributed by atoms with Crippen LogP contribution in [0.25, 0.3) is 0 Å². The van der Waals surface area contributed by atoms with E-state index in [1.165, 1.54) is 9.47 Å². The summed E-state index contributed by atoms with van der Waals surface area (Å²) in [5.74, 6) is 0.703. The number of nitrogens with two attached hydrogens (primary N) is 1. The second kappa shape index (κ2) is 9.60. The maximum atomic E-state index is 13.1. The molecular formula is C20H31N5O4. The van der Waals surface area contributed by atoms with Crippen molar-refractivity contribution in [2.75, 3.05) is 30.8 Å². The number of hydrogen-bond donors (Lipinski definition) is 2. The first-order valence-corrected chi connectivity index (χ1v) is 9.74. The molecule has 160 valence electrons. The van der Waals surface area contributed by atoms with Crippen LogP contribution in [0.4, 0.5) is 11.5 Å². The topological polar surface area (TPSA) is 118 Å². The zero-order valence-corrected chi connectivity index (χ0v) is 17.8. The highest BCUT2D eigenvalue weighted by molar-refractivity contribution is 5.96. The number of anilines is 2. The molecule has 2 aromatic heterocycles. The molecule has 0 saturated carbocycles. The first kappa shape index (κ1) is 22.5. The molecular weight excluding hydrogens is 374 g/mol. The number of likely N-dealkylation sites (N-methyl/N-ethyl adjacent to an activating group) is 1. The molecule has 2 aromatic rings. The van der Waals surface area contributed by atoms with Crippen LogP contribution in [0.1, 0.15) is 33.5 Å². The van der Waals surface area contributed by atoms with E-state index in [0.29, 0.717) is 19.6 Å². The van der Waals surface area contributed by atoms with Gasteiger partial charge < -0.3 is 15.1 Å². The predicted molar refractivity (Wildman–Crippen MR) is 113 cm³/mol. The van der Waals surface area contributed by atoms with Crippen molar-refractivity contribution < 1.29 is 9.21 Å². The summed E-state index contributed by atoms with van der Waals surface area (Å²) in [5, 5.41) is 0. The number of aromatic amines is 1. The Labute approximate surface area is 170 Å². The van der Waals surface area contributed by atoms with Gasteiger partial charge in [-0.1, -0.05) is 27.7 Å². The van der Waals surface area contributed by atoms with Gasteiger partial charge in [-0.15, -0.1) is 0 Å².